The second-order valence-corrected chi connectivity index (χ2v) is 6.01. The van der Waals surface area contributed by atoms with Crippen LogP contribution in [-0.2, 0) is 6.54 Å². The third-order valence-corrected chi connectivity index (χ3v) is 3.61. The quantitative estimate of drug-likeness (QED) is 0.764. The van der Waals surface area contributed by atoms with Crippen molar-refractivity contribution < 1.29 is 9.59 Å². The van der Waals surface area contributed by atoms with Crippen molar-refractivity contribution in [3.8, 4) is 0 Å². The highest BCUT2D eigenvalue weighted by Gasteiger charge is 2.11. The number of carbonyl (C=O) groups excluding carboxylic acids is 2. The summed E-state index contributed by atoms with van der Waals surface area (Å²) in [5, 5.41) is 5.72. The number of benzene rings is 2. The number of nitrogens with two attached hydrogens (primary N) is 1. The summed E-state index contributed by atoms with van der Waals surface area (Å²) in [6, 6.07) is 12.5. The molecule has 0 spiro atoms. The lowest BCUT2D eigenvalue weighted by Gasteiger charge is -2.12. The molecule has 0 aliphatic carbocycles. The van der Waals surface area contributed by atoms with Crippen molar-refractivity contribution in [3.05, 3.63) is 64.7 Å². The topological polar surface area (TPSA) is 84.2 Å². The normalized spacial score (nSPS) is 10.1. The number of nitrogens with one attached hydrogen (secondary N) is 2. The molecule has 6 heteroatoms. The third kappa shape index (κ3) is 5.59. The Hall–Kier alpha value is -2.37. The molecule has 0 heterocycles. The van der Waals surface area contributed by atoms with Gasteiger partial charge in [0.1, 0.15) is 0 Å². The Kier molecular flexibility index (Phi) is 7.61. The van der Waals surface area contributed by atoms with Crippen molar-refractivity contribution in [2.75, 3.05) is 5.32 Å². The molecule has 2 aromatic rings. The molecule has 0 aliphatic rings. The number of aryl methyl sites for hydroxylation is 1. The molecule has 0 radical (unpaired) electrons. The standard InChI is InChI=1S/C19H23N3O2.ClH/c1-12(2)21-19(24)16-8-9-17(13(3)10-16)22-18(23)15-6-4-14(11-20)5-7-15;/h4-10,12H,11,20H2,1-3H3,(H,21,24)(H,22,23);1H. The van der Waals surface area contributed by atoms with Crippen LogP contribution in [0, 0.1) is 6.92 Å². The highest BCUT2D eigenvalue weighted by Crippen LogP contribution is 2.18. The number of hydrogen-bond donors (Lipinski definition) is 3. The fraction of sp³-hybridized carbons (Fsp3) is 0.263. The Bertz CT molecular complexity index is 743. The number of rotatable bonds is 5. The van der Waals surface area contributed by atoms with Crippen molar-refractivity contribution in [2.24, 2.45) is 5.73 Å². The Balaban J connectivity index is 0.00000312. The maximum Gasteiger partial charge on any atom is 0.255 e. The van der Waals surface area contributed by atoms with Crippen LogP contribution >= 0.6 is 12.4 Å². The largest absolute Gasteiger partial charge is 0.350 e. The monoisotopic (exact) mass is 361 g/mol. The predicted octanol–water partition coefficient (Wildman–Crippen LogP) is 3.27. The van der Waals surface area contributed by atoms with E-state index in [9.17, 15) is 9.59 Å². The van der Waals surface area contributed by atoms with Gasteiger partial charge < -0.3 is 16.4 Å². The van der Waals surface area contributed by atoms with Gasteiger partial charge in [0.05, 0.1) is 0 Å². The number of halogens is 1. The van der Waals surface area contributed by atoms with Crippen LogP contribution in [0.25, 0.3) is 0 Å². The summed E-state index contributed by atoms with van der Waals surface area (Å²) in [4.78, 5) is 24.3. The van der Waals surface area contributed by atoms with Gasteiger partial charge >= 0.3 is 0 Å². The van der Waals surface area contributed by atoms with Crippen LogP contribution in [0.1, 0.15) is 45.7 Å². The zero-order valence-electron chi connectivity index (χ0n) is 14.6. The lowest BCUT2D eigenvalue weighted by atomic mass is 10.1. The number of carbonyl (C=O) groups is 2. The molecule has 5 nitrogen and oxygen atoms in total. The van der Waals surface area contributed by atoms with Gasteiger partial charge in [0.2, 0.25) is 0 Å². The molecule has 0 aliphatic heterocycles. The Morgan fingerprint density at radius 3 is 2.12 bits per heavy atom. The van der Waals surface area contributed by atoms with Gasteiger partial charge in [0, 0.05) is 29.4 Å². The van der Waals surface area contributed by atoms with Gasteiger partial charge in [0.25, 0.3) is 11.8 Å². The van der Waals surface area contributed by atoms with E-state index in [2.05, 4.69) is 10.6 Å². The second kappa shape index (κ2) is 9.20. The smallest absolute Gasteiger partial charge is 0.255 e. The van der Waals surface area contributed by atoms with Crippen LogP contribution in [0.5, 0.6) is 0 Å². The van der Waals surface area contributed by atoms with E-state index in [4.69, 9.17) is 5.73 Å². The number of amides is 2. The first-order valence-corrected chi connectivity index (χ1v) is 7.92. The van der Waals surface area contributed by atoms with Crippen LogP contribution in [0.15, 0.2) is 42.5 Å². The summed E-state index contributed by atoms with van der Waals surface area (Å²) in [5.41, 5.74) is 9.18. The van der Waals surface area contributed by atoms with E-state index in [0.29, 0.717) is 23.4 Å². The lowest BCUT2D eigenvalue weighted by molar-refractivity contribution is 0.0942. The van der Waals surface area contributed by atoms with Crippen molar-refractivity contribution in [1.82, 2.24) is 5.32 Å². The Morgan fingerprint density at radius 1 is 1.00 bits per heavy atom. The molecular weight excluding hydrogens is 338 g/mol. The molecule has 0 saturated carbocycles. The zero-order valence-corrected chi connectivity index (χ0v) is 15.4. The van der Waals surface area contributed by atoms with Crippen LogP contribution in [-0.4, -0.2) is 17.9 Å². The summed E-state index contributed by atoms with van der Waals surface area (Å²) in [5.74, 6) is -0.315. The molecule has 0 fully saturated rings. The average Bonchev–Trinajstić information content (AvgIpc) is 2.56. The van der Waals surface area contributed by atoms with E-state index >= 15 is 0 Å². The average molecular weight is 362 g/mol. The van der Waals surface area contributed by atoms with E-state index in [1.165, 1.54) is 0 Å². The summed E-state index contributed by atoms with van der Waals surface area (Å²) in [6.45, 7) is 6.13. The van der Waals surface area contributed by atoms with Crippen LogP contribution < -0.4 is 16.4 Å². The van der Waals surface area contributed by atoms with Crippen LogP contribution in [0.3, 0.4) is 0 Å². The van der Waals surface area contributed by atoms with Gasteiger partial charge in [-0.3, -0.25) is 9.59 Å². The maximum absolute atomic E-state index is 12.3. The van der Waals surface area contributed by atoms with Gasteiger partial charge in [-0.15, -0.1) is 12.4 Å². The molecule has 0 atom stereocenters. The van der Waals surface area contributed by atoms with Gasteiger partial charge in [-0.2, -0.15) is 0 Å². The second-order valence-electron chi connectivity index (χ2n) is 6.01. The van der Waals surface area contributed by atoms with Crippen molar-refractivity contribution in [3.63, 3.8) is 0 Å². The van der Waals surface area contributed by atoms with E-state index in [1.54, 1.807) is 30.3 Å². The molecule has 2 amide bonds. The number of hydrogen-bond acceptors (Lipinski definition) is 3. The molecule has 25 heavy (non-hydrogen) atoms. The molecule has 0 saturated heterocycles. The van der Waals surface area contributed by atoms with E-state index in [1.807, 2.05) is 32.9 Å². The summed E-state index contributed by atoms with van der Waals surface area (Å²) in [6.07, 6.45) is 0. The van der Waals surface area contributed by atoms with Gasteiger partial charge in [-0.25, -0.2) is 0 Å². The highest BCUT2D eigenvalue weighted by molar-refractivity contribution is 6.05. The molecule has 2 rings (SSSR count). The molecule has 0 unspecified atom stereocenters. The first kappa shape index (κ1) is 20.7. The summed E-state index contributed by atoms with van der Waals surface area (Å²) < 4.78 is 0. The minimum Gasteiger partial charge on any atom is -0.350 e. The lowest BCUT2D eigenvalue weighted by Crippen LogP contribution is -2.30. The third-order valence-electron chi connectivity index (χ3n) is 3.61. The zero-order chi connectivity index (χ0) is 17.7. The summed E-state index contributed by atoms with van der Waals surface area (Å²) >= 11 is 0. The molecular formula is C19H24ClN3O2. The van der Waals surface area contributed by atoms with Gasteiger partial charge in [0.15, 0.2) is 0 Å². The minimum absolute atomic E-state index is 0. The van der Waals surface area contributed by atoms with E-state index < -0.39 is 0 Å². The molecule has 2 aromatic carbocycles. The van der Waals surface area contributed by atoms with Gasteiger partial charge in [-0.05, 0) is 62.2 Å². The fourth-order valence-corrected chi connectivity index (χ4v) is 2.28. The first-order valence-electron chi connectivity index (χ1n) is 7.92. The SMILES string of the molecule is Cc1cc(C(=O)NC(C)C)ccc1NC(=O)c1ccc(CN)cc1.Cl. The highest BCUT2D eigenvalue weighted by atomic mass is 35.5. The van der Waals surface area contributed by atoms with Crippen molar-refractivity contribution >= 4 is 29.9 Å². The van der Waals surface area contributed by atoms with Crippen LogP contribution in [0.2, 0.25) is 0 Å². The predicted molar refractivity (Wildman–Crippen MR) is 103 cm³/mol. The van der Waals surface area contributed by atoms with Crippen molar-refractivity contribution in [2.45, 2.75) is 33.4 Å². The van der Waals surface area contributed by atoms with Crippen molar-refractivity contribution in [1.29, 1.82) is 0 Å². The fourth-order valence-electron chi connectivity index (χ4n) is 2.28. The Labute approximate surface area is 154 Å². The minimum atomic E-state index is -0.193. The Morgan fingerprint density at radius 2 is 1.60 bits per heavy atom. The summed E-state index contributed by atoms with van der Waals surface area (Å²) in [7, 11) is 0. The van der Waals surface area contributed by atoms with Gasteiger partial charge in [-0.1, -0.05) is 12.1 Å². The van der Waals surface area contributed by atoms with E-state index in [0.717, 1.165) is 11.1 Å². The maximum atomic E-state index is 12.3. The number of anilines is 1. The first-order chi connectivity index (χ1) is 11.4. The van der Waals surface area contributed by atoms with Crippen LogP contribution in [0.4, 0.5) is 5.69 Å². The van der Waals surface area contributed by atoms with E-state index in [-0.39, 0.29) is 30.3 Å². The molecule has 134 valence electrons. The molecule has 0 bridgehead atoms. The molecule has 4 N–H and O–H groups in total. The molecule has 0 aromatic heterocycles.